The third-order valence-electron chi connectivity index (χ3n) is 5.10. The van der Waals surface area contributed by atoms with Crippen LogP contribution in [-0.4, -0.2) is 11.2 Å². The fourth-order valence-corrected chi connectivity index (χ4v) is 4.05. The van der Waals surface area contributed by atoms with Crippen molar-refractivity contribution in [2.45, 2.75) is 39.2 Å². The zero-order valence-electron chi connectivity index (χ0n) is 10.3. The third kappa shape index (κ3) is 1.48. The van der Waals surface area contributed by atoms with Gasteiger partial charge in [0, 0.05) is 0 Å². The minimum atomic E-state index is -0.207. The van der Waals surface area contributed by atoms with E-state index in [1.54, 1.807) is 5.57 Å². The van der Waals surface area contributed by atoms with Gasteiger partial charge in [0.15, 0.2) is 0 Å². The molecule has 6 atom stereocenters. The molecule has 0 amide bonds. The zero-order chi connectivity index (χ0) is 11.3. The first-order valence-corrected chi connectivity index (χ1v) is 6.72. The lowest BCUT2D eigenvalue weighted by Gasteiger charge is -2.27. The van der Waals surface area contributed by atoms with Crippen LogP contribution in [0.1, 0.15) is 33.1 Å². The molecule has 0 heterocycles. The molecule has 1 heteroatoms. The van der Waals surface area contributed by atoms with Crippen molar-refractivity contribution in [2.24, 2.45) is 29.6 Å². The summed E-state index contributed by atoms with van der Waals surface area (Å²) in [6.07, 6.45) is 11.0. The summed E-state index contributed by atoms with van der Waals surface area (Å²) < 4.78 is 0. The Bertz CT molecular complexity index is 339. The van der Waals surface area contributed by atoms with E-state index in [-0.39, 0.29) is 6.10 Å². The van der Waals surface area contributed by atoms with Gasteiger partial charge in [-0.3, -0.25) is 0 Å². The molecule has 1 N–H and O–H groups in total. The molecule has 3 aliphatic carbocycles. The Kier molecular flexibility index (Phi) is 2.47. The van der Waals surface area contributed by atoms with Gasteiger partial charge in [0.05, 0.1) is 6.10 Å². The first kappa shape index (κ1) is 10.6. The topological polar surface area (TPSA) is 20.2 Å². The maximum atomic E-state index is 9.58. The van der Waals surface area contributed by atoms with Gasteiger partial charge < -0.3 is 5.11 Å². The lowest BCUT2D eigenvalue weighted by molar-refractivity contribution is 0.156. The van der Waals surface area contributed by atoms with Crippen molar-refractivity contribution in [3.05, 3.63) is 23.8 Å². The minimum Gasteiger partial charge on any atom is -0.393 e. The second-order valence-corrected chi connectivity index (χ2v) is 6.05. The number of aliphatic hydroxyl groups is 1. The van der Waals surface area contributed by atoms with Crippen molar-refractivity contribution in [3.8, 4) is 0 Å². The molecule has 2 bridgehead atoms. The summed E-state index contributed by atoms with van der Waals surface area (Å²) in [5, 5.41) is 9.58. The summed E-state index contributed by atoms with van der Waals surface area (Å²) in [7, 11) is 0. The molecule has 0 aliphatic heterocycles. The van der Waals surface area contributed by atoms with Crippen LogP contribution < -0.4 is 0 Å². The quantitative estimate of drug-likeness (QED) is 0.706. The summed E-state index contributed by atoms with van der Waals surface area (Å²) in [5.74, 6) is 3.88. The fourth-order valence-electron chi connectivity index (χ4n) is 4.05. The molecule has 0 spiro atoms. The van der Waals surface area contributed by atoms with Gasteiger partial charge in [-0.05, 0) is 55.8 Å². The molecule has 16 heavy (non-hydrogen) atoms. The molecular formula is C15H22O. The van der Waals surface area contributed by atoms with Gasteiger partial charge in [0.2, 0.25) is 0 Å². The van der Waals surface area contributed by atoms with E-state index in [2.05, 4.69) is 25.2 Å². The first-order chi connectivity index (χ1) is 7.66. The Hall–Kier alpha value is -0.560. The van der Waals surface area contributed by atoms with Crippen LogP contribution >= 0.6 is 0 Å². The molecule has 0 aromatic rings. The Morgan fingerprint density at radius 1 is 1.44 bits per heavy atom. The Balaban J connectivity index is 1.79. The van der Waals surface area contributed by atoms with Gasteiger partial charge in [-0.15, -0.1) is 0 Å². The van der Waals surface area contributed by atoms with Crippen LogP contribution in [-0.2, 0) is 0 Å². The van der Waals surface area contributed by atoms with E-state index in [9.17, 15) is 5.11 Å². The average Bonchev–Trinajstić information content (AvgIpc) is 2.87. The highest BCUT2D eigenvalue weighted by Crippen LogP contribution is 2.58. The molecule has 2 fully saturated rings. The largest absolute Gasteiger partial charge is 0.393 e. The van der Waals surface area contributed by atoms with E-state index < -0.39 is 0 Å². The van der Waals surface area contributed by atoms with E-state index in [1.807, 2.05) is 6.92 Å². The molecule has 3 rings (SSSR count). The minimum absolute atomic E-state index is 0.207. The number of fused-ring (bicyclic) bond motifs is 5. The van der Waals surface area contributed by atoms with Crippen LogP contribution in [0.3, 0.4) is 0 Å². The van der Waals surface area contributed by atoms with Crippen molar-refractivity contribution in [1.29, 1.82) is 0 Å². The zero-order valence-corrected chi connectivity index (χ0v) is 10.3. The van der Waals surface area contributed by atoms with E-state index >= 15 is 0 Å². The van der Waals surface area contributed by atoms with E-state index in [0.29, 0.717) is 5.92 Å². The SMILES string of the molecule is C[C@H](O)[C@@H](C)/C=C1\CC2CC1[C@@H]1C=CC[C@H]21. The highest BCUT2D eigenvalue weighted by molar-refractivity contribution is 5.27. The first-order valence-electron chi connectivity index (χ1n) is 6.72. The van der Waals surface area contributed by atoms with Crippen LogP contribution in [0.2, 0.25) is 0 Å². The fraction of sp³-hybridized carbons (Fsp3) is 0.733. The molecule has 0 aromatic heterocycles. The molecule has 0 radical (unpaired) electrons. The number of allylic oxidation sites excluding steroid dienone is 3. The van der Waals surface area contributed by atoms with Crippen LogP contribution in [0.4, 0.5) is 0 Å². The predicted molar refractivity (Wildman–Crippen MR) is 65.9 cm³/mol. The smallest absolute Gasteiger partial charge is 0.0572 e. The Morgan fingerprint density at radius 2 is 2.25 bits per heavy atom. The van der Waals surface area contributed by atoms with Gasteiger partial charge in [0.1, 0.15) is 0 Å². The second-order valence-electron chi connectivity index (χ2n) is 6.05. The van der Waals surface area contributed by atoms with Crippen molar-refractivity contribution in [3.63, 3.8) is 0 Å². The third-order valence-corrected chi connectivity index (χ3v) is 5.10. The molecule has 1 nitrogen and oxygen atoms in total. The van der Waals surface area contributed by atoms with Gasteiger partial charge >= 0.3 is 0 Å². The van der Waals surface area contributed by atoms with E-state index in [0.717, 1.165) is 23.7 Å². The molecule has 0 aromatic carbocycles. The summed E-state index contributed by atoms with van der Waals surface area (Å²) in [4.78, 5) is 0. The number of hydrogen-bond acceptors (Lipinski definition) is 1. The second kappa shape index (κ2) is 3.73. The van der Waals surface area contributed by atoms with Crippen LogP contribution in [0.15, 0.2) is 23.8 Å². The molecule has 88 valence electrons. The highest BCUT2D eigenvalue weighted by atomic mass is 16.3. The number of rotatable bonds is 2. The molecule has 3 aliphatic rings. The molecular weight excluding hydrogens is 196 g/mol. The van der Waals surface area contributed by atoms with Crippen molar-refractivity contribution >= 4 is 0 Å². The summed E-state index contributed by atoms with van der Waals surface area (Å²) >= 11 is 0. The van der Waals surface area contributed by atoms with E-state index in [1.165, 1.54) is 19.3 Å². The van der Waals surface area contributed by atoms with Crippen molar-refractivity contribution < 1.29 is 5.11 Å². The maximum absolute atomic E-state index is 9.58. The van der Waals surface area contributed by atoms with Gasteiger partial charge in [0.25, 0.3) is 0 Å². The molecule has 2 saturated carbocycles. The van der Waals surface area contributed by atoms with Crippen molar-refractivity contribution in [2.75, 3.05) is 0 Å². The summed E-state index contributed by atoms with van der Waals surface area (Å²) in [6.45, 7) is 4.03. The van der Waals surface area contributed by atoms with E-state index in [4.69, 9.17) is 0 Å². The predicted octanol–water partition coefficient (Wildman–Crippen LogP) is 3.16. The molecule has 0 saturated heterocycles. The average molecular weight is 218 g/mol. The van der Waals surface area contributed by atoms with Gasteiger partial charge in [-0.25, -0.2) is 0 Å². The lowest BCUT2D eigenvalue weighted by Crippen LogP contribution is -2.20. The van der Waals surface area contributed by atoms with Gasteiger partial charge in [-0.2, -0.15) is 0 Å². The summed E-state index contributed by atoms with van der Waals surface area (Å²) in [6, 6.07) is 0. The number of hydrogen-bond donors (Lipinski definition) is 1. The normalized spacial score (nSPS) is 46.3. The summed E-state index contributed by atoms with van der Waals surface area (Å²) in [5.41, 5.74) is 1.64. The van der Waals surface area contributed by atoms with Crippen molar-refractivity contribution in [1.82, 2.24) is 0 Å². The monoisotopic (exact) mass is 218 g/mol. The lowest BCUT2D eigenvalue weighted by atomic mass is 9.78. The maximum Gasteiger partial charge on any atom is 0.0572 e. The van der Waals surface area contributed by atoms with Gasteiger partial charge in [-0.1, -0.05) is 30.7 Å². The molecule has 2 unspecified atom stereocenters. The van der Waals surface area contributed by atoms with Crippen LogP contribution in [0, 0.1) is 29.6 Å². The Morgan fingerprint density at radius 3 is 3.00 bits per heavy atom. The standard InChI is InChI=1S/C15H22O/c1-9(10(2)16)6-11-7-12-8-15(11)14-5-3-4-13(12)14/h3,5-6,9-10,12-16H,4,7-8H2,1-2H3/b11-6+/t9-,10-,12?,13+,14+,15?/m0/s1. The van der Waals surface area contributed by atoms with Crippen LogP contribution in [0.25, 0.3) is 0 Å². The van der Waals surface area contributed by atoms with Crippen LogP contribution in [0.5, 0.6) is 0 Å². The number of aliphatic hydroxyl groups excluding tert-OH is 1. The Labute approximate surface area is 98.2 Å². The highest BCUT2D eigenvalue weighted by Gasteiger charge is 2.49.